The Kier molecular flexibility index (Phi) is 4.75. The SMILES string of the molecule is CNC(=O)CCC(C=O)n1c(=O)[nH]c2nc(C(C)C)ccc21. The molecular formula is C15H20N4O3. The van der Waals surface area contributed by atoms with Crippen LogP contribution in [0.25, 0.3) is 11.2 Å². The van der Waals surface area contributed by atoms with Crippen LogP contribution < -0.4 is 11.0 Å². The van der Waals surface area contributed by atoms with E-state index in [0.717, 1.165) is 5.69 Å². The fourth-order valence-electron chi connectivity index (χ4n) is 2.34. The van der Waals surface area contributed by atoms with Gasteiger partial charge >= 0.3 is 5.69 Å². The molecule has 0 aliphatic carbocycles. The normalized spacial score (nSPS) is 12.5. The van der Waals surface area contributed by atoms with E-state index >= 15 is 0 Å². The van der Waals surface area contributed by atoms with Crippen LogP contribution in [0, 0.1) is 0 Å². The van der Waals surface area contributed by atoms with Crippen molar-refractivity contribution in [3.8, 4) is 0 Å². The van der Waals surface area contributed by atoms with E-state index in [1.165, 1.54) is 11.6 Å². The van der Waals surface area contributed by atoms with Gasteiger partial charge in [0.2, 0.25) is 5.91 Å². The number of imidazole rings is 1. The van der Waals surface area contributed by atoms with Crippen LogP contribution in [0.4, 0.5) is 0 Å². The number of aldehydes is 1. The van der Waals surface area contributed by atoms with E-state index in [1.807, 2.05) is 19.9 Å². The number of H-pyrrole nitrogens is 1. The first kappa shape index (κ1) is 15.9. The van der Waals surface area contributed by atoms with Gasteiger partial charge in [0.15, 0.2) is 5.65 Å². The number of rotatable bonds is 6. The Morgan fingerprint density at radius 1 is 1.45 bits per heavy atom. The van der Waals surface area contributed by atoms with Crippen molar-refractivity contribution in [2.45, 2.75) is 38.6 Å². The Hall–Kier alpha value is -2.44. The van der Waals surface area contributed by atoms with Gasteiger partial charge in [0.25, 0.3) is 0 Å². The molecule has 0 bridgehead atoms. The van der Waals surface area contributed by atoms with Crippen molar-refractivity contribution in [1.82, 2.24) is 19.9 Å². The van der Waals surface area contributed by atoms with Gasteiger partial charge in [0.1, 0.15) is 6.29 Å². The summed E-state index contributed by atoms with van der Waals surface area (Å²) in [5.74, 6) is 0.0753. The average molecular weight is 304 g/mol. The van der Waals surface area contributed by atoms with Gasteiger partial charge < -0.3 is 10.1 Å². The summed E-state index contributed by atoms with van der Waals surface area (Å²) in [6.45, 7) is 4.03. The summed E-state index contributed by atoms with van der Waals surface area (Å²) in [4.78, 5) is 41.9. The average Bonchev–Trinajstić information content (AvgIpc) is 2.83. The third-order valence-electron chi connectivity index (χ3n) is 3.63. The van der Waals surface area contributed by atoms with Gasteiger partial charge in [-0.3, -0.25) is 14.3 Å². The number of amides is 1. The Balaban J connectivity index is 2.40. The number of nitrogens with one attached hydrogen (secondary N) is 2. The zero-order chi connectivity index (χ0) is 16.3. The molecule has 0 radical (unpaired) electrons. The van der Waals surface area contributed by atoms with Crippen molar-refractivity contribution in [2.24, 2.45) is 0 Å². The molecule has 118 valence electrons. The van der Waals surface area contributed by atoms with Crippen molar-refractivity contribution in [3.63, 3.8) is 0 Å². The summed E-state index contributed by atoms with van der Waals surface area (Å²) < 4.78 is 1.36. The number of aromatic nitrogens is 3. The summed E-state index contributed by atoms with van der Waals surface area (Å²) in [5, 5.41) is 2.50. The van der Waals surface area contributed by atoms with Crippen LogP contribution in [0.15, 0.2) is 16.9 Å². The van der Waals surface area contributed by atoms with Gasteiger partial charge in [-0.05, 0) is 24.5 Å². The van der Waals surface area contributed by atoms with Gasteiger partial charge in [-0.2, -0.15) is 0 Å². The quantitative estimate of drug-likeness (QED) is 0.781. The zero-order valence-electron chi connectivity index (χ0n) is 12.9. The number of pyridine rings is 1. The van der Waals surface area contributed by atoms with Crippen LogP contribution in [-0.2, 0) is 9.59 Å². The van der Waals surface area contributed by atoms with E-state index in [9.17, 15) is 14.4 Å². The molecule has 0 spiro atoms. The number of hydrogen-bond donors (Lipinski definition) is 2. The number of aromatic amines is 1. The lowest BCUT2D eigenvalue weighted by molar-refractivity contribution is -0.121. The topological polar surface area (TPSA) is 96.9 Å². The Morgan fingerprint density at radius 2 is 2.18 bits per heavy atom. The number of carbonyl (C=O) groups excluding carboxylic acids is 2. The van der Waals surface area contributed by atoms with E-state index < -0.39 is 11.7 Å². The molecule has 1 amide bonds. The highest BCUT2D eigenvalue weighted by Crippen LogP contribution is 2.19. The minimum absolute atomic E-state index is 0.167. The first-order valence-electron chi connectivity index (χ1n) is 7.25. The van der Waals surface area contributed by atoms with E-state index in [2.05, 4.69) is 15.3 Å². The summed E-state index contributed by atoms with van der Waals surface area (Å²) in [7, 11) is 1.54. The largest absolute Gasteiger partial charge is 0.359 e. The third kappa shape index (κ3) is 3.08. The molecule has 0 saturated heterocycles. The second-order valence-electron chi connectivity index (χ2n) is 5.47. The van der Waals surface area contributed by atoms with Crippen LogP contribution >= 0.6 is 0 Å². The van der Waals surface area contributed by atoms with Crippen LogP contribution in [0.3, 0.4) is 0 Å². The molecule has 2 rings (SSSR count). The zero-order valence-corrected chi connectivity index (χ0v) is 12.9. The summed E-state index contributed by atoms with van der Waals surface area (Å²) >= 11 is 0. The van der Waals surface area contributed by atoms with Crippen molar-refractivity contribution in [3.05, 3.63) is 28.3 Å². The molecule has 0 aliphatic rings. The Morgan fingerprint density at radius 3 is 2.77 bits per heavy atom. The standard InChI is InChI=1S/C15H20N4O3/c1-9(2)11-5-6-12-14(17-11)18-15(22)19(12)10(8-20)4-7-13(21)16-3/h5-6,8-10H,4,7H2,1-3H3,(H,16,21)(H,17,18,22). The highest BCUT2D eigenvalue weighted by atomic mass is 16.2. The highest BCUT2D eigenvalue weighted by Gasteiger charge is 2.18. The molecule has 0 aromatic carbocycles. The Labute approximate surface area is 127 Å². The third-order valence-corrected chi connectivity index (χ3v) is 3.63. The van der Waals surface area contributed by atoms with Crippen molar-refractivity contribution in [2.75, 3.05) is 7.05 Å². The number of carbonyl (C=O) groups is 2. The van der Waals surface area contributed by atoms with E-state index in [0.29, 0.717) is 17.5 Å². The maximum atomic E-state index is 12.1. The molecule has 2 heterocycles. The molecule has 2 N–H and O–H groups in total. The first-order valence-corrected chi connectivity index (χ1v) is 7.25. The van der Waals surface area contributed by atoms with E-state index in [1.54, 1.807) is 6.07 Å². The van der Waals surface area contributed by atoms with E-state index in [4.69, 9.17) is 0 Å². The molecule has 0 saturated carbocycles. The van der Waals surface area contributed by atoms with Crippen LogP contribution in [-0.4, -0.2) is 33.8 Å². The number of fused-ring (bicyclic) bond motifs is 1. The molecular weight excluding hydrogens is 284 g/mol. The second-order valence-corrected chi connectivity index (χ2v) is 5.47. The number of nitrogens with zero attached hydrogens (tertiary/aromatic N) is 2. The summed E-state index contributed by atoms with van der Waals surface area (Å²) in [6, 6.07) is 2.94. The smallest absolute Gasteiger partial charge is 0.328 e. The molecule has 0 aliphatic heterocycles. The van der Waals surface area contributed by atoms with Gasteiger partial charge in [0.05, 0.1) is 11.6 Å². The van der Waals surface area contributed by atoms with Crippen molar-refractivity contribution in [1.29, 1.82) is 0 Å². The first-order chi connectivity index (χ1) is 10.5. The molecule has 22 heavy (non-hydrogen) atoms. The minimum atomic E-state index is -0.690. The van der Waals surface area contributed by atoms with Crippen LogP contribution in [0.5, 0.6) is 0 Å². The molecule has 1 unspecified atom stereocenters. The lowest BCUT2D eigenvalue weighted by atomic mass is 10.1. The molecule has 2 aromatic rings. The van der Waals surface area contributed by atoms with Crippen LogP contribution in [0.2, 0.25) is 0 Å². The number of hydrogen-bond acceptors (Lipinski definition) is 4. The predicted octanol–water partition coefficient (Wildman–Crippen LogP) is 1.11. The fraction of sp³-hybridized carbons (Fsp3) is 0.467. The fourth-order valence-corrected chi connectivity index (χ4v) is 2.34. The highest BCUT2D eigenvalue weighted by molar-refractivity contribution is 5.77. The molecule has 0 fully saturated rings. The van der Waals surface area contributed by atoms with Crippen molar-refractivity contribution < 1.29 is 9.59 Å². The van der Waals surface area contributed by atoms with Gasteiger partial charge in [-0.1, -0.05) is 13.8 Å². The monoisotopic (exact) mass is 304 g/mol. The lowest BCUT2D eigenvalue weighted by Crippen LogP contribution is -2.25. The molecule has 2 aromatic heterocycles. The summed E-state index contributed by atoms with van der Waals surface area (Å²) in [6.07, 6.45) is 1.13. The predicted molar refractivity (Wildman–Crippen MR) is 82.8 cm³/mol. The summed E-state index contributed by atoms with van der Waals surface area (Å²) in [5.41, 5.74) is 1.51. The maximum Gasteiger partial charge on any atom is 0.328 e. The van der Waals surface area contributed by atoms with Gasteiger partial charge in [-0.25, -0.2) is 9.78 Å². The van der Waals surface area contributed by atoms with Crippen molar-refractivity contribution >= 4 is 23.4 Å². The van der Waals surface area contributed by atoms with E-state index in [-0.39, 0.29) is 24.7 Å². The molecule has 7 heteroatoms. The van der Waals surface area contributed by atoms with Crippen LogP contribution in [0.1, 0.15) is 44.3 Å². The van der Waals surface area contributed by atoms with Gasteiger partial charge in [0, 0.05) is 19.2 Å². The second kappa shape index (κ2) is 6.55. The minimum Gasteiger partial charge on any atom is -0.359 e. The molecule has 1 atom stereocenters. The molecule has 7 nitrogen and oxygen atoms in total. The Bertz CT molecular complexity index is 745. The van der Waals surface area contributed by atoms with Gasteiger partial charge in [-0.15, -0.1) is 0 Å². The maximum absolute atomic E-state index is 12.1. The lowest BCUT2D eigenvalue weighted by Gasteiger charge is -2.12.